The quantitative estimate of drug-likeness (QED) is 0.235. The van der Waals surface area contributed by atoms with Crippen LogP contribution in [0, 0.1) is 45.8 Å². The lowest BCUT2D eigenvalue weighted by Gasteiger charge is -2.71. The molecule has 4 saturated carbocycles. The molecule has 1 saturated heterocycles. The fourth-order valence-electron chi connectivity index (χ4n) is 13.5. The van der Waals surface area contributed by atoms with Gasteiger partial charge in [0, 0.05) is 38.1 Å². The summed E-state index contributed by atoms with van der Waals surface area (Å²) < 4.78 is 11.3. The Labute approximate surface area is 304 Å². The van der Waals surface area contributed by atoms with Gasteiger partial charge in [0.05, 0.1) is 13.2 Å². The van der Waals surface area contributed by atoms with Crippen LogP contribution in [-0.4, -0.2) is 55.8 Å². The summed E-state index contributed by atoms with van der Waals surface area (Å²) in [6, 6.07) is 10.0. The summed E-state index contributed by atoms with van der Waals surface area (Å²) in [7, 11) is 0. The summed E-state index contributed by atoms with van der Waals surface area (Å²) in [4.78, 5) is 15.4. The van der Waals surface area contributed by atoms with Crippen molar-refractivity contribution < 1.29 is 14.3 Å². The predicted octanol–water partition coefficient (Wildman–Crippen LogP) is 9.52. The molecule has 0 amide bonds. The molecule has 1 aliphatic heterocycles. The van der Waals surface area contributed by atoms with Crippen LogP contribution in [0.5, 0.6) is 0 Å². The maximum absolute atomic E-state index is 12.8. The highest BCUT2D eigenvalue weighted by Crippen LogP contribution is 2.75. The second-order valence-corrected chi connectivity index (χ2v) is 18.2. The Bertz CT molecular complexity index is 1400. The van der Waals surface area contributed by atoms with Gasteiger partial charge in [-0.15, -0.1) is 0 Å². The van der Waals surface area contributed by atoms with E-state index in [9.17, 15) is 4.79 Å². The zero-order chi connectivity index (χ0) is 35.0. The Hall–Kier alpha value is -1.95. The molecule has 1 heterocycles. The van der Waals surface area contributed by atoms with Crippen molar-refractivity contribution in [2.45, 2.75) is 130 Å². The van der Waals surface area contributed by atoms with Gasteiger partial charge in [-0.2, -0.15) is 0 Å². The minimum atomic E-state index is -0.0886. The third-order valence-corrected chi connectivity index (χ3v) is 16.2. The van der Waals surface area contributed by atoms with Crippen LogP contribution in [0.25, 0.3) is 0 Å². The van der Waals surface area contributed by atoms with Gasteiger partial charge < -0.3 is 14.8 Å². The fraction of sp³-hybridized carbons (Fsp3) is 0.756. The van der Waals surface area contributed by atoms with E-state index in [-0.39, 0.29) is 5.97 Å². The number of hydrogen-bond acceptors (Lipinski definition) is 5. The molecule has 0 spiro atoms. The second-order valence-electron chi connectivity index (χ2n) is 18.2. The Kier molecular flexibility index (Phi) is 10.8. The maximum atomic E-state index is 12.8. The molecule has 0 aromatic heterocycles. The molecule has 50 heavy (non-hydrogen) atoms. The third kappa shape index (κ3) is 6.48. The van der Waals surface area contributed by atoms with E-state index in [1.165, 1.54) is 81.9 Å². The van der Waals surface area contributed by atoms with Crippen molar-refractivity contribution >= 4 is 5.97 Å². The van der Waals surface area contributed by atoms with E-state index in [4.69, 9.17) is 9.47 Å². The number of nitrogens with zero attached hydrogens (tertiary/aromatic N) is 1. The number of carbonyl (C=O) groups is 1. The van der Waals surface area contributed by atoms with E-state index >= 15 is 0 Å². The number of rotatable bonds is 11. The first kappa shape index (κ1) is 36.4. The molecule has 7 unspecified atom stereocenters. The number of ether oxygens (including phenoxy) is 2. The van der Waals surface area contributed by atoms with Crippen LogP contribution in [0.1, 0.15) is 124 Å². The molecule has 1 aromatic carbocycles. The van der Waals surface area contributed by atoms with Crippen molar-refractivity contribution in [1.82, 2.24) is 10.2 Å². The zero-order valence-corrected chi connectivity index (χ0v) is 32.2. The summed E-state index contributed by atoms with van der Waals surface area (Å²) in [6.07, 6.45) is 21.0. The van der Waals surface area contributed by atoms with Crippen molar-refractivity contribution in [2.24, 2.45) is 45.8 Å². The minimum Gasteiger partial charge on any atom is -0.461 e. The SMILES string of the molecule is CC/C=C(\CCC(=O)OCc1ccccc1)C1=CCC2(C)C(CCC3(C)C2CCC2[C@H]4CCCC4(NCCN4CCOCC4)CC[C@]23C)C1C. The minimum absolute atomic E-state index is 0.0886. The number of benzene rings is 1. The first-order valence-corrected chi connectivity index (χ1v) is 20.8. The maximum Gasteiger partial charge on any atom is 0.306 e. The third-order valence-electron chi connectivity index (χ3n) is 16.2. The zero-order valence-electron chi connectivity index (χ0n) is 32.2. The number of esters is 1. The standard InChI is InChI=1S/C45H68N2O3/c1-6-11-35(15-18-41(48)50-32-34-12-8-7-9-13-34)36-19-22-42(3)37(33(36)2)20-23-44(5)40(42)17-16-38-39-14-10-21-45(39,25-24-43(38,44)4)46-26-27-47-28-30-49-31-29-47/h7-9,11-13,19,33,37-40,46H,6,10,14-18,20-32H2,1-5H3/b35-11+/t33?,37?,38?,39-,40?,42?,43-,44?,45?/m1/s1. The van der Waals surface area contributed by atoms with Crippen LogP contribution in [0.2, 0.25) is 0 Å². The van der Waals surface area contributed by atoms with Crippen LogP contribution < -0.4 is 5.32 Å². The van der Waals surface area contributed by atoms with Gasteiger partial charge in [-0.05, 0) is 133 Å². The van der Waals surface area contributed by atoms with Crippen molar-refractivity contribution in [1.29, 1.82) is 0 Å². The molecule has 5 heteroatoms. The molecule has 5 nitrogen and oxygen atoms in total. The molecular weight excluding hydrogens is 617 g/mol. The number of carbonyl (C=O) groups excluding carboxylic acids is 1. The fourth-order valence-corrected chi connectivity index (χ4v) is 13.5. The van der Waals surface area contributed by atoms with E-state index < -0.39 is 0 Å². The van der Waals surface area contributed by atoms with Gasteiger partial charge in [0.1, 0.15) is 6.61 Å². The topological polar surface area (TPSA) is 50.8 Å². The van der Waals surface area contributed by atoms with Gasteiger partial charge in [-0.1, -0.05) is 83.5 Å². The Morgan fingerprint density at radius 3 is 2.52 bits per heavy atom. The van der Waals surface area contributed by atoms with Crippen LogP contribution in [0.3, 0.4) is 0 Å². The van der Waals surface area contributed by atoms with Crippen LogP contribution >= 0.6 is 0 Å². The molecule has 6 aliphatic rings. The molecule has 9 atom stereocenters. The van der Waals surface area contributed by atoms with Crippen molar-refractivity contribution in [3.8, 4) is 0 Å². The average molecular weight is 685 g/mol. The van der Waals surface area contributed by atoms with E-state index in [0.717, 1.165) is 69.0 Å². The van der Waals surface area contributed by atoms with Gasteiger partial charge in [-0.3, -0.25) is 9.69 Å². The lowest BCUT2D eigenvalue weighted by atomic mass is 9.34. The molecule has 276 valence electrons. The molecule has 1 aromatic rings. The predicted molar refractivity (Wildman–Crippen MR) is 204 cm³/mol. The van der Waals surface area contributed by atoms with Gasteiger partial charge in [0.15, 0.2) is 0 Å². The smallest absolute Gasteiger partial charge is 0.306 e. The van der Waals surface area contributed by atoms with Gasteiger partial charge in [0.25, 0.3) is 0 Å². The van der Waals surface area contributed by atoms with E-state index in [1.807, 2.05) is 30.3 Å². The van der Waals surface area contributed by atoms with Crippen molar-refractivity contribution in [2.75, 3.05) is 39.4 Å². The Balaban J connectivity index is 1.03. The largest absolute Gasteiger partial charge is 0.461 e. The van der Waals surface area contributed by atoms with E-state index in [1.54, 1.807) is 0 Å². The average Bonchev–Trinajstić information content (AvgIpc) is 3.55. The molecule has 0 bridgehead atoms. The first-order chi connectivity index (χ1) is 24.1. The highest BCUT2D eigenvalue weighted by Gasteiger charge is 2.68. The lowest BCUT2D eigenvalue weighted by Crippen LogP contribution is -2.67. The molecule has 5 fully saturated rings. The number of allylic oxidation sites excluding steroid dienone is 4. The van der Waals surface area contributed by atoms with Gasteiger partial charge >= 0.3 is 5.97 Å². The summed E-state index contributed by atoms with van der Waals surface area (Å²) in [5.74, 6) is 3.63. The number of hydrogen-bond donors (Lipinski definition) is 1. The molecule has 5 aliphatic carbocycles. The summed E-state index contributed by atoms with van der Waals surface area (Å²) in [5, 5.41) is 4.27. The van der Waals surface area contributed by atoms with Crippen molar-refractivity contribution in [3.05, 3.63) is 59.2 Å². The Morgan fingerprint density at radius 1 is 0.940 bits per heavy atom. The van der Waals surface area contributed by atoms with Crippen LogP contribution in [0.4, 0.5) is 0 Å². The van der Waals surface area contributed by atoms with E-state index in [0.29, 0.717) is 46.6 Å². The highest BCUT2D eigenvalue weighted by molar-refractivity contribution is 5.70. The van der Waals surface area contributed by atoms with Crippen molar-refractivity contribution in [3.63, 3.8) is 0 Å². The number of nitrogens with one attached hydrogen (secondary N) is 1. The molecular formula is C45H68N2O3. The Morgan fingerprint density at radius 2 is 1.74 bits per heavy atom. The highest BCUT2D eigenvalue weighted by atomic mass is 16.5. The summed E-state index contributed by atoms with van der Waals surface area (Å²) in [5.41, 5.74) is 5.52. The summed E-state index contributed by atoms with van der Waals surface area (Å²) >= 11 is 0. The number of morpholine rings is 1. The number of fused-ring (bicyclic) bond motifs is 7. The molecule has 0 radical (unpaired) electrons. The molecule has 7 rings (SSSR count). The normalized spacial score (nSPS) is 40.2. The van der Waals surface area contributed by atoms with Crippen LogP contribution in [-0.2, 0) is 20.9 Å². The van der Waals surface area contributed by atoms with Crippen LogP contribution in [0.15, 0.2) is 53.6 Å². The first-order valence-electron chi connectivity index (χ1n) is 20.8. The summed E-state index contributed by atoms with van der Waals surface area (Å²) in [6.45, 7) is 19.6. The second kappa shape index (κ2) is 14.8. The monoisotopic (exact) mass is 685 g/mol. The van der Waals surface area contributed by atoms with Gasteiger partial charge in [0.2, 0.25) is 0 Å². The molecule has 1 N–H and O–H groups in total. The van der Waals surface area contributed by atoms with E-state index in [2.05, 4.69) is 57.0 Å². The van der Waals surface area contributed by atoms with Gasteiger partial charge in [-0.25, -0.2) is 0 Å². The lowest BCUT2D eigenvalue weighted by molar-refractivity contribution is -0.212.